The SMILES string of the molecule is CCN(CCOCCN)c1cccc2ccccc12. The van der Waals surface area contributed by atoms with Gasteiger partial charge >= 0.3 is 0 Å². The second kappa shape index (κ2) is 7.12. The largest absolute Gasteiger partial charge is 0.378 e. The first-order valence-corrected chi connectivity index (χ1v) is 6.87. The van der Waals surface area contributed by atoms with Crippen LogP contribution in [0.5, 0.6) is 0 Å². The average Bonchev–Trinajstić information content (AvgIpc) is 2.47. The van der Waals surface area contributed by atoms with Gasteiger partial charge in [-0.1, -0.05) is 36.4 Å². The second-order valence-corrected chi connectivity index (χ2v) is 4.48. The summed E-state index contributed by atoms with van der Waals surface area (Å²) in [6.45, 7) is 5.97. The number of hydrogen-bond acceptors (Lipinski definition) is 3. The molecular weight excluding hydrogens is 236 g/mol. The number of rotatable bonds is 7. The lowest BCUT2D eigenvalue weighted by atomic mass is 10.1. The zero-order chi connectivity index (χ0) is 13.5. The molecule has 0 amide bonds. The highest BCUT2D eigenvalue weighted by Gasteiger charge is 2.07. The van der Waals surface area contributed by atoms with E-state index in [-0.39, 0.29) is 0 Å². The van der Waals surface area contributed by atoms with Crippen LogP contribution in [0.4, 0.5) is 5.69 Å². The van der Waals surface area contributed by atoms with Gasteiger partial charge in [0.2, 0.25) is 0 Å². The molecule has 0 fully saturated rings. The van der Waals surface area contributed by atoms with E-state index in [2.05, 4.69) is 54.3 Å². The summed E-state index contributed by atoms with van der Waals surface area (Å²) < 4.78 is 5.48. The molecule has 0 heterocycles. The molecule has 19 heavy (non-hydrogen) atoms. The van der Waals surface area contributed by atoms with Crippen LogP contribution in [0.15, 0.2) is 42.5 Å². The van der Waals surface area contributed by atoms with Gasteiger partial charge in [0.05, 0.1) is 13.2 Å². The topological polar surface area (TPSA) is 38.5 Å². The van der Waals surface area contributed by atoms with Crippen LogP contribution in [-0.2, 0) is 4.74 Å². The fraction of sp³-hybridized carbons (Fsp3) is 0.375. The molecule has 0 radical (unpaired) electrons. The summed E-state index contributed by atoms with van der Waals surface area (Å²) in [5, 5.41) is 2.58. The van der Waals surface area contributed by atoms with Crippen molar-refractivity contribution in [2.24, 2.45) is 5.73 Å². The molecule has 2 N–H and O–H groups in total. The zero-order valence-electron chi connectivity index (χ0n) is 11.5. The fourth-order valence-electron chi connectivity index (χ4n) is 2.29. The van der Waals surface area contributed by atoms with Gasteiger partial charge in [-0.05, 0) is 18.4 Å². The number of fused-ring (bicyclic) bond motifs is 1. The standard InChI is InChI=1S/C16H22N2O/c1-2-18(11-13-19-12-10-17)16-9-5-7-14-6-3-4-8-15(14)16/h3-9H,2,10-13,17H2,1H3. The molecule has 3 heteroatoms. The van der Waals surface area contributed by atoms with Gasteiger partial charge in [0.1, 0.15) is 0 Å². The van der Waals surface area contributed by atoms with Gasteiger partial charge in [0.25, 0.3) is 0 Å². The number of nitrogens with two attached hydrogens (primary N) is 1. The van der Waals surface area contributed by atoms with Gasteiger partial charge in [0, 0.05) is 30.7 Å². The van der Waals surface area contributed by atoms with E-state index in [1.807, 2.05) is 0 Å². The highest BCUT2D eigenvalue weighted by Crippen LogP contribution is 2.26. The van der Waals surface area contributed by atoms with Crippen LogP contribution in [0.2, 0.25) is 0 Å². The third kappa shape index (κ3) is 3.46. The molecular formula is C16H22N2O. The van der Waals surface area contributed by atoms with Gasteiger partial charge < -0.3 is 15.4 Å². The summed E-state index contributed by atoms with van der Waals surface area (Å²) in [6, 6.07) is 14.9. The van der Waals surface area contributed by atoms with Crippen molar-refractivity contribution in [2.45, 2.75) is 6.92 Å². The minimum absolute atomic E-state index is 0.584. The molecule has 0 aliphatic rings. The van der Waals surface area contributed by atoms with Crippen LogP contribution in [-0.4, -0.2) is 32.8 Å². The summed E-state index contributed by atoms with van der Waals surface area (Å²) in [4.78, 5) is 2.35. The van der Waals surface area contributed by atoms with Gasteiger partial charge in [-0.15, -0.1) is 0 Å². The first-order valence-electron chi connectivity index (χ1n) is 6.87. The van der Waals surface area contributed by atoms with E-state index in [4.69, 9.17) is 10.5 Å². The molecule has 0 saturated heterocycles. The molecule has 2 rings (SSSR count). The Balaban J connectivity index is 2.16. The van der Waals surface area contributed by atoms with Crippen molar-refractivity contribution >= 4 is 16.5 Å². The van der Waals surface area contributed by atoms with Crippen LogP contribution in [0.1, 0.15) is 6.92 Å². The van der Waals surface area contributed by atoms with E-state index in [0.717, 1.165) is 13.1 Å². The third-order valence-corrected chi connectivity index (χ3v) is 3.26. The van der Waals surface area contributed by atoms with E-state index >= 15 is 0 Å². The van der Waals surface area contributed by atoms with Crippen molar-refractivity contribution in [1.82, 2.24) is 0 Å². The monoisotopic (exact) mass is 258 g/mol. The first-order chi connectivity index (χ1) is 9.36. The summed E-state index contributed by atoms with van der Waals surface area (Å²) in [7, 11) is 0. The lowest BCUT2D eigenvalue weighted by molar-refractivity contribution is 0.148. The van der Waals surface area contributed by atoms with Crippen molar-refractivity contribution in [2.75, 3.05) is 37.7 Å². The van der Waals surface area contributed by atoms with Crippen molar-refractivity contribution in [3.8, 4) is 0 Å². The Labute approximate surface area is 115 Å². The fourth-order valence-corrected chi connectivity index (χ4v) is 2.29. The van der Waals surface area contributed by atoms with Gasteiger partial charge in [-0.3, -0.25) is 0 Å². The van der Waals surface area contributed by atoms with Gasteiger partial charge in [-0.2, -0.15) is 0 Å². The van der Waals surface area contributed by atoms with Crippen LogP contribution in [0.25, 0.3) is 10.8 Å². The highest BCUT2D eigenvalue weighted by molar-refractivity contribution is 5.94. The van der Waals surface area contributed by atoms with E-state index in [1.54, 1.807) is 0 Å². The predicted molar refractivity (Wildman–Crippen MR) is 81.7 cm³/mol. The normalized spacial score (nSPS) is 10.8. The number of benzene rings is 2. The molecule has 0 spiro atoms. The Kier molecular flexibility index (Phi) is 5.19. The Hall–Kier alpha value is -1.58. The zero-order valence-corrected chi connectivity index (χ0v) is 11.5. The minimum Gasteiger partial charge on any atom is -0.378 e. The molecule has 102 valence electrons. The smallest absolute Gasteiger partial charge is 0.0642 e. The Morgan fingerprint density at radius 1 is 1.05 bits per heavy atom. The van der Waals surface area contributed by atoms with E-state index in [9.17, 15) is 0 Å². The Bertz CT molecular complexity index is 508. The average molecular weight is 258 g/mol. The molecule has 0 atom stereocenters. The lowest BCUT2D eigenvalue weighted by Crippen LogP contribution is -2.28. The van der Waals surface area contributed by atoms with Gasteiger partial charge in [0.15, 0.2) is 0 Å². The lowest BCUT2D eigenvalue weighted by Gasteiger charge is -2.24. The van der Waals surface area contributed by atoms with E-state index in [1.165, 1.54) is 16.5 Å². The summed E-state index contributed by atoms with van der Waals surface area (Å²) >= 11 is 0. The molecule has 0 aromatic heterocycles. The summed E-state index contributed by atoms with van der Waals surface area (Å²) in [5.74, 6) is 0. The van der Waals surface area contributed by atoms with Crippen LogP contribution >= 0.6 is 0 Å². The summed E-state index contributed by atoms with van der Waals surface area (Å²) in [6.07, 6.45) is 0. The van der Waals surface area contributed by atoms with Crippen LogP contribution in [0.3, 0.4) is 0 Å². The molecule has 3 nitrogen and oxygen atoms in total. The van der Waals surface area contributed by atoms with Gasteiger partial charge in [-0.25, -0.2) is 0 Å². The number of likely N-dealkylation sites (N-methyl/N-ethyl adjacent to an activating group) is 1. The Morgan fingerprint density at radius 3 is 2.63 bits per heavy atom. The third-order valence-electron chi connectivity index (χ3n) is 3.26. The van der Waals surface area contributed by atoms with Crippen molar-refractivity contribution < 1.29 is 4.74 Å². The number of nitrogens with zero attached hydrogens (tertiary/aromatic N) is 1. The number of ether oxygens (including phenoxy) is 1. The number of anilines is 1. The first kappa shape index (κ1) is 13.8. The molecule has 0 aliphatic carbocycles. The number of hydrogen-bond donors (Lipinski definition) is 1. The highest BCUT2D eigenvalue weighted by atomic mass is 16.5. The summed E-state index contributed by atoms with van der Waals surface area (Å²) in [5.41, 5.74) is 6.70. The molecule has 0 unspecified atom stereocenters. The minimum atomic E-state index is 0.584. The maximum atomic E-state index is 5.48. The second-order valence-electron chi connectivity index (χ2n) is 4.48. The van der Waals surface area contributed by atoms with Crippen molar-refractivity contribution in [3.05, 3.63) is 42.5 Å². The molecule has 2 aromatic carbocycles. The maximum absolute atomic E-state index is 5.48. The van der Waals surface area contributed by atoms with Crippen molar-refractivity contribution in [1.29, 1.82) is 0 Å². The van der Waals surface area contributed by atoms with Crippen molar-refractivity contribution in [3.63, 3.8) is 0 Å². The quantitative estimate of drug-likeness (QED) is 0.776. The molecule has 0 bridgehead atoms. The van der Waals surface area contributed by atoms with Crippen LogP contribution < -0.4 is 10.6 Å². The van der Waals surface area contributed by atoms with Crippen LogP contribution in [0, 0.1) is 0 Å². The van der Waals surface area contributed by atoms with E-state index < -0.39 is 0 Å². The molecule has 0 saturated carbocycles. The van der Waals surface area contributed by atoms with E-state index in [0.29, 0.717) is 19.8 Å². The molecule has 2 aromatic rings. The predicted octanol–water partition coefficient (Wildman–Crippen LogP) is 2.64. The maximum Gasteiger partial charge on any atom is 0.0642 e. The Morgan fingerprint density at radius 2 is 1.84 bits per heavy atom. The molecule has 0 aliphatic heterocycles.